The molecule has 2 bridgehead atoms. The lowest BCUT2D eigenvalue weighted by Gasteiger charge is -2.44. The van der Waals surface area contributed by atoms with Gasteiger partial charge in [0.1, 0.15) is 5.52 Å². The number of amides is 1. The fourth-order valence-electron chi connectivity index (χ4n) is 3.77. The minimum Gasteiger partial charge on any atom is -0.441 e. The van der Waals surface area contributed by atoms with Crippen molar-refractivity contribution in [2.24, 2.45) is 5.92 Å². The van der Waals surface area contributed by atoms with Gasteiger partial charge in [-0.2, -0.15) is 0 Å². The maximum atomic E-state index is 12.3. The van der Waals surface area contributed by atoms with Crippen molar-refractivity contribution in [1.82, 2.24) is 15.2 Å². The quantitative estimate of drug-likeness (QED) is 0.940. The zero-order chi connectivity index (χ0) is 15.1. The van der Waals surface area contributed by atoms with Gasteiger partial charge in [-0.3, -0.25) is 4.79 Å². The molecule has 5 rings (SSSR count). The van der Waals surface area contributed by atoms with Crippen LogP contribution in [0.15, 0.2) is 22.6 Å². The highest BCUT2D eigenvalue weighted by molar-refractivity contribution is 5.81. The summed E-state index contributed by atoms with van der Waals surface area (Å²) >= 11 is 0. The molecule has 3 aliphatic rings. The second kappa shape index (κ2) is 5.39. The van der Waals surface area contributed by atoms with Gasteiger partial charge in [-0.1, -0.05) is 6.07 Å². The maximum Gasteiger partial charge on any atom is 0.224 e. The molecule has 116 valence electrons. The SMILES string of the molecule is Cc1nc2ccc(CC(=O)N[C@@H]3CN4CCC3CC4)cc2o1. The first-order chi connectivity index (χ1) is 10.7. The molecule has 2 aromatic rings. The Morgan fingerprint density at radius 2 is 2.23 bits per heavy atom. The third kappa shape index (κ3) is 2.61. The topological polar surface area (TPSA) is 58.4 Å². The second-order valence-electron chi connectivity index (χ2n) is 6.52. The van der Waals surface area contributed by atoms with E-state index in [9.17, 15) is 4.79 Å². The monoisotopic (exact) mass is 299 g/mol. The van der Waals surface area contributed by atoms with Crippen molar-refractivity contribution in [2.45, 2.75) is 32.2 Å². The molecule has 0 spiro atoms. The Labute approximate surface area is 129 Å². The second-order valence-corrected chi connectivity index (χ2v) is 6.52. The van der Waals surface area contributed by atoms with E-state index in [0.717, 1.165) is 23.2 Å². The number of nitrogens with one attached hydrogen (secondary N) is 1. The molecular weight excluding hydrogens is 278 g/mol. The number of carbonyl (C=O) groups excluding carboxylic acids is 1. The Bertz CT molecular complexity index is 701. The summed E-state index contributed by atoms with van der Waals surface area (Å²) < 4.78 is 5.53. The third-order valence-electron chi connectivity index (χ3n) is 4.93. The maximum absolute atomic E-state index is 12.3. The number of fused-ring (bicyclic) bond motifs is 4. The van der Waals surface area contributed by atoms with Gasteiger partial charge >= 0.3 is 0 Å². The van der Waals surface area contributed by atoms with Crippen LogP contribution in [0, 0.1) is 12.8 Å². The van der Waals surface area contributed by atoms with Crippen LogP contribution in [-0.4, -0.2) is 41.5 Å². The van der Waals surface area contributed by atoms with E-state index < -0.39 is 0 Å². The molecule has 1 amide bonds. The zero-order valence-electron chi connectivity index (χ0n) is 12.8. The average Bonchev–Trinajstić information content (AvgIpc) is 2.87. The van der Waals surface area contributed by atoms with Crippen molar-refractivity contribution in [3.05, 3.63) is 29.7 Å². The summed E-state index contributed by atoms with van der Waals surface area (Å²) in [6.07, 6.45) is 2.83. The number of benzene rings is 1. The van der Waals surface area contributed by atoms with E-state index in [2.05, 4.69) is 15.2 Å². The van der Waals surface area contributed by atoms with E-state index >= 15 is 0 Å². The van der Waals surface area contributed by atoms with Gasteiger partial charge in [0.15, 0.2) is 11.5 Å². The fourth-order valence-corrected chi connectivity index (χ4v) is 3.77. The molecule has 3 aliphatic heterocycles. The minimum atomic E-state index is 0.106. The first-order valence-corrected chi connectivity index (χ1v) is 8.05. The van der Waals surface area contributed by atoms with Crippen molar-refractivity contribution < 1.29 is 9.21 Å². The standard InChI is InChI=1S/C17H21N3O2/c1-11-18-14-3-2-12(8-16(14)22-11)9-17(21)19-15-10-20-6-4-13(15)5-7-20/h2-3,8,13,15H,4-7,9-10H2,1H3,(H,19,21)/t15-/m1/s1. The molecular formula is C17H21N3O2. The van der Waals surface area contributed by atoms with E-state index in [1.807, 2.05) is 25.1 Å². The molecule has 0 radical (unpaired) electrons. The van der Waals surface area contributed by atoms with Crippen LogP contribution < -0.4 is 5.32 Å². The lowest BCUT2D eigenvalue weighted by Crippen LogP contribution is -2.57. The molecule has 5 heteroatoms. The highest BCUT2D eigenvalue weighted by Crippen LogP contribution is 2.27. The predicted octanol–water partition coefficient (Wildman–Crippen LogP) is 1.89. The van der Waals surface area contributed by atoms with E-state index in [4.69, 9.17) is 4.42 Å². The van der Waals surface area contributed by atoms with Gasteiger partial charge in [0.05, 0.1) is 6.42 Å². The Kier molecular flexibility index (Phi) is 3.37. The number of hydrogen-bond donors (Lipinski definition) is 1. The van der Waals surface area contributed by atoms with Gasteiger partial charge < -0.3 is 14.6 Å². The minimum absolute atomic E-state index is 0.106. The fraction of sp³-hybridized carbons (Fsp3) is 0.529. The molecule has 0 unspecified atom stereocenters. The molecule has 3 fully saturated rings. The van der Waals surface area contributed by atoms with E-state index in [1.165, 1.54) is 25.9 Å². The van der Waals surface area contributed by atoms with Gasteiger partial charge in [0, 0.05) is 19.5 Å². The predicted molar refractivity (Wildman–Crippen MR) is 83.5 cm³/mol. The number of hydrogen-bond acceptors (Lipinski definition) is 4. The summed E-state index contributed by atoms with van der Waals surface area (Å²) in [5.74, 6) is 1.42. The molecule has 1 aromatic carbocycles. The van der Waals surface area contributed by atoms with Crippen LogP contribution in [0.1, 0.15) is 24.3 Å². The normalized spacial score (nSPS) is 27.2. The number of nitrogens with zero attached hydrogens (tertiary/aromatic N) is 2. The van der Waals surface area contributed by atoms with Crippen LogP contribution in [0.4, 0.5) is 0 Å². The Hall–Kier alpha value is -1.88. The highest BCUT2D eigenvalue weighted by Gasteiger charge is 2.34. The Morgan fingerprint density at radius 1 is 1.41 bits per heavy atom. The van der Waals surface area contributed by atoms with Crippen LogP contribution in [0.5, 0.6) is 0 Å². The molecule has 0 aliphatic carbocycles. The van der Waals surface area contributed by atoms with E-state index in [-0.39, 0.29) is 5.91 Å². The molecule has 5 nitrogen and oxygen atoms in total. The van der Waals surface area contributed by atoms with Gasteiger partial charge in [-0.25, -0.2) is 4.98 Å². The number of aryl methyl sites for hydroxylation is 1. The highest BCUT2D eigenvalue weighted by atomic mass is 16.3. The molecule has 1 aromatic heterocycles. The molecule has 3 saturated heterocycles. The summed E-state index contributed by atoms with van der Waals surface area (Å²) in [6, 6.07) is 6.13. The van der Waals surface area contributed by atoms with Gasteiger partial charge in [-0.15, -0.1) is 0 Å². The largest absolute Gasteiger partial charge is 0.441 e. The summed E-state index contributed by atoms with van der Waals surface area (Å²) in [4.78, 5) is 19.1. The molecule has 1 N–H and O–H groups in total. The number of piperidine rings is 3. The van der Waals surface area contributed by atoms with Crippen molar-refractivity contribution in [1.29, 1.82) is 0 Å². The van der Waals surface area contributed by atoms with Crippen molar-refractivity contribution in [3.63, 3.8) is 0 Å². The smallest absolute Gasteiger partial charge is 0.224 e. The van der Waals surface area contributed by atoms with Crippen molar-refractivity contribution in [2.75, 3.05) is 19.6 Å². The summed E-state index contributed by atoms with van der Waals surface area (Å²) in [6.45, 7) is 5.23. The van der Waals surface area contributed by atoms with Gasteiger partial charge in [0.2, 0.25) is 5.91 Å². The van der Waals surface area contributed by atoms with Gasteiger partial charge in [0.25, 0.3) is 0 Å². The number of carbonyl (C=O) groups is 1. The van der Waals surface area contributed by atoms with Crippen molar-refractivity contribution >= 4 is 17.0 Å². The third-order valence-corrected chi connectivity index (χ3v) is 4.93. The van der Waals surface area contributed by atoms with Crippen LogP contribution in [0.2, 0.25) is 0 Å². The first-order valence-electron chi connectivity index (χ1n) is 8.05. The first kappa shape index (κ1) is 13.8. The summed E-state index contributed by atoms with van der Waals surface area (Å²) in [7, 11) is 0. The molecule has 0 saturated carbocycles. The average molecular weight is 299 g/mol. The lowest BCUT2D eigenvalue weighted by atomic mass is 9.84. The Morgan fingerprint density at radius 3 is 2.95 bits per heavy atom. The van der Waals surface area contributed by atoms with Crippen LogP contribution >= 0.6 is 0 Å². The zero-order valence-corrected chi connectivity index (χ0v) is 12.8. The number of oxazole rings is 1. The molecule has 22 heavy (non-hydrogen) atoms. The van der Waals surface area contributed by atoms with E-state index in [0.29, 0.717) is 24.3 Å². The number of rotatable bonds is 3. The Balaban J connectivity index is 1.42. The molecule has 1 atom stereocenters. The molecule has 4 heterocycles. The summed E-state index contributed by atoms with van der Waals surface area (Å²) in [5.41, 5.74) is 2.58. The van der Waals surface area contributed by atoms with Crippen LogP contribution in [0.25, 0.3) is 11.1 Å². The van der Waals surface area contributed by atoms with Crippen molar-refractivity contribution in [3.8, 4) is 0 Å². The lowest BCUT2D eigenvalue weighted by molar-refractivity contribution is -0.122. The number of aromatic nitrogens is 1. The van der Waals surface area contributed by atoms with Crippen LogP contribution in [-0.2, 0) is 11.2 Å². The summed E-state index contributed by atoms with van der Waals surface area (Å²) in [5, 5.41) is 3.23. The van der Waals surface area contributed by atoms with E-state index in [1.54, 1.807) is 0 Å². The van der Waals surface area contributed by atoms with Gasteiger partial charge in [-0.05, 0) is 49.5 Å². The van der Waals surface area contributed by atoms with Crippen LogP contribution in [0.3, 0.4) is 0 Å².